The lowest BCUT2D eigenvalue weighted by molar-refractivity contribution is -0.126. The quantitative estimate of drug-likeness (QED) is 0.756. The molecule has 0 bridgehead atoms. The molecule has 0 saturated carbocycles. The van der Waals surface area contributed by atoms with E-state index in [2.05, 4.69) is 22.8 Å². The number of piperidine rings is 1. The van der Waals surface area contributed by atoms with Gasteiger partial charge < -0.3 is 20.3 Å². The molecule has 2 aromatic carbocycles. The lowest BCUT2D eigenvalue weighted by Crippen LogP contribution is -2.49. The molecule has 0 aliphatic carbocycles. The second kappa shape index (κ2) is 9.90. The largest absolute Gasteiger partial charge is 0.383 e. The van der Waals surface area contributed by atoms with Crippen LogP contribution in [0.15, 0.2) is 60.7 Å². The molecule has 1 fully saturated rings. The molecular formula is C22H27N3O3. The van der Waals surface area contributed by atoms with Gasteiger partial charge in [-0.05, 0) is 24.1 Å². The number of likely N-dealkylation sites (tertiary alicyclic amines) is 1. The van der Waals surface area contributed by atoms with Crippen molar-refractivity contribution in [2.45, 2.75) is 12.3 Å². The van der Waals surface area contributed by atoms with Gasteiger partial charge in [0.05, 0.1) is 12.5 Å². The monoisotopic (exact) mass is 381 g/mol. The molecule has 2 unspecified atom stereocenters. The van der Waals surface area contributed by atoms with Gasteiger partial charge in [0.2, 0.25) is 5.91 Å². The minimum atomic E-state index is -0.252. The van der Waals surface area contributed by atoms with E-state index in [1.54, 1.807) is 12.0 Å². The third-order valence-electron chi connectivity index (χ3n) is 5.01. The SMILES string of the molecule is COCCNC(=O)C1CC(c2ccccc2)CN(C(=O)Nc2ccccc2)C1. The van der Waals surface area contributed by atoms with E-state index in [1.807, 2.05) is 48.5 Å². The first kappa shape index (κ1) is 19.9. The number of carbonyl (C=O) groups excluding carboxylic acids is 2. The Balaban J connectivity index is 1.72. The first-order valence-corrected chi connectivity index (χ1v) is 9.60. The molecule has 1 aliphatic heterocycles. The fourth-order valence-corrected chi connectivity index (χ4v) is 3.57. The lowest BCUT2D eigenvalue weighted by Gasteiger charge is -2.37. The van der Waals surface area contributed by atoms with Gasteiger partial charge in [-0.1, -0.05) is 48.5 Å². The molecule has 2 atom stereocenters. The number of urea groups is 1. The molecule has 0 aromatic heterocycles. The third kappa shape index (κ3) is 5.33. The molecule has 28 heavy (non-hydrogen) atoms. The lowest BCUT2D eigenvalue weighted by atomic mass is 9.84. The van der Waals surface area contributed by atoms with Crippen molar-refractivity contribution in [2.24, 2.45) is 5.92 Å². The van der Waals surface area contributed by atoms with Crippen LogP contribution in [0, 0.1) is 5.92 Å². The van der Waals surface area contributed by atoms with Crippen molar-refractivity contribution < 1.29 is 14.3 Å². The minimum Gasteiger partial charge on any atom is -0.383 e. The van der Waals surface area contributed by atoms with Crippen LogP contribution in [-0.4, -0.2) is 50.2 Å². The fourth-order valence-electron chi connectivity index (χ4n) is 3.57. The van der Waals surface area contributed by atoms with E-state index in [4.69, 9.17) is 4.74 Å². The molecule has 148 valence electrons. The van der Waals surface area contributed by atoms with Crippen molar-refractivity contribution in [1.29, 1.82) is 0 Å². The summed E-state index contributed by atoms with van der Waals surface area (Å²) in [6.45, 7) is 1.93. The molecule has 6 nitrogen and oxygen atoms in total. The highest BCUT2D eigenvalue weighted by atomic mass is 16.5. The molecular weight excluding hydrogens is 354 g/mol. The second-order valence-electron chi connectivity index (χ2n) is 7.03. The number of benzene rings is 2. The Bertz CT molecular complexity index is 767. The number of nitrogens with zero attached hydrogens (tertiary/aromatic N) is 1. The Morgan fingerprint density at radius 1 is 1.04 bits per heavy atom. The Morgan fingerprint density at radius 3 is 2.39 bits per heavy atom. The number of nitrogens with one attached hydrogen (secondary N) is 2. The predicted molar refractivity (Wildman–Crippen MR) is 109 cm³/mol. The summed E-state index contributed by atoms with van der Waals surface area (Å²) in [7, 11) is 1.61. The molecule has 2 N–H and O–H groups in total. The van der Waals surface area contributed by atoms with Gasteiger partial charge in [-0.25, -0.2) is 4.79 Å². The van der Waals surface area contributed by atoms with Crippen LogP contribution >= 0.6 is 0 Å². The average molecular weight is 381 g/mol. The van der Waals surface area contributed by atoms with Crippen LogP contribution in [0.4, 0.5) is 10.5 Å². The van der Waals surface area contributed by atoms with Crippen LogP contribution in [0.5, 0.6) is 0 Å². The highest BCUT2D eigenvalue weighted by Crippen LogP contribution is 2.30. The van der Waals surface area contributed by atoms with E-state index in [0.29, 0.717) is 26.2 Å². The summed E-state index contributed by atoms with van der Waals surface area (Å²) < 4.78 is 5.01. The molecule has 3 amide bonds. The normalized spacial score (nSPS) is 19.1. The van der Waals surface area contributed by atoms with Crippen molar-refractivity contribution in [3.63, 3.8) is 0 Å². The molecule has 2 aromatic rings. The number of ether oxygens (including phenoxy) is 1. The predicted octanol–water partition coefficient (Wildman–Crippen LogP) is 3.09. The van der Waals surface area contributed by atoms with Crippen LogP contribution in [-0.2, 0) is 9.53 Å². The van der Waals surface area contributed by atoms with E-state index >= 15 is 0 Å². The molecule has 0 spiro atoms. The Morgan fingerprint density at radius 2 is 1.71 bits per heavy atom. The highest BCUT2D eigenvalue weighted by molar-refractivity contribution is 5.90. The summed E-state index contributed by atoms with van der Waals surface area (Å²) in [5.74, 6) is -0.165. The zero-order valence-corrected chi connectivity index (χ0v) is 16.1. The minimum absolute atomic E-state index is 0.0322. The molecule has 1 aliphatic rings. The van der Waals surface area contributed by atoms with Crippen LogP contribution in [0.25, 0.3) is 0 Å². The van der Waals surface area contributed by atoms with Crippen molar-refractivity contribution >= 4 is 17.6 Å². The number of amides is 3. The summed E-state index contributed by atoms with van der Waals surface area (Å²) in [4.78, 5) is 27.2. The van der Waals surface area contributed by atoms with Crippen LogP contribution in [0.3, 0.4) is 0 Å². The van der Waals surface area contributed by atoms with Crippen molar-refractivity contribution in [3.8, 4) is 0 Å². The fraction of sp³-hybridized carbons (Fsp3) is 0.364. The van der Waals surface area contributed by atoms with E-state index in [-0.39, 0.29) is 23.8 Å². The zero-order chi connectivity index (χ0) is 19.8. The van der Waals surface area contributed by atoms with Gasteiger partial charge >= 0.3 is 6.03 Å². The van der Waals surface area contributed by atoms with E-state index in [0.717, 1.165) is 17.7 Å². The second-order valence-corrected chi connectivity index (χ2v) is 7.03. The van der Waals surface area contributed by atoms with Crippen molar-refractivity contribution in [1.82, 2.24) is 10.2 Å². The van der Waals surface area contributed by atoms with Crippen molar-refractivity contribution in [3.05, 3.63) is 66.2 Å². The van der Waals surface area contributed by atoms with E-state index < -0.39 is 0 Å². The maximum Gasteiger partial charge on any atom is 0.321 e. The van der Waals surface area contributed by atoms with Gasteiger partial charge in [0.25, 0.3) is 0 Å². The van der Waals surface area contributed by atoms with Gasteiger partial charge in [-0.3, -0.25) is 4.79 Å². The van der Waals surface area contributed by atoms with Gasteiger partial charge in [0, 0.05) is 38.3 Å². The number of para-hydroxylation sites is 1. The van der Waals surface area contributed by atoms with Crippen LogP contribution in [0.1, 0.15) is 17.9 Å². The molecule has 1 heterocycles. The highest BCUT2D eigenvalue weighted by Gasteiger charge is 2.34. The average Bonchev–Trinajstić information content (AvgIpc) is 2.75. The van der Waals surface area contributed by atoms with E-state index in [9.17, 15) is 9.59 Å². The molecule has 1 saturated heterocycles. The number of hydrogen-bond donors (Lipinski definition) is 2. The van der Waals surface area contributed by atoms with Crippen LogP contribution < -0.4 is 10.6 Å². The summed E-state index contributed by atoms with van der Waals surface area (Å²) in [5, 5.41) is 5.84. The topological polar surface area (TPSA) is 70.7 Å². The number of rotatable bonds is 6. The maximum atomic E-state index is 12.8. The summed E-state index contributed by atoms with van der Waals surface area (Å²) in [6, 6.07) is 19.3. The summed E-state index contributed by atoms with van der Waals surface area (Å²) >= 11 is 0. The number of carbonyl (C=O) groups is 2. The smallest absolute Gasteiger partial charge is 0.321 e. The summed E-state index contributed by atoms with van der Waals surface area (Å²) in [5.41, 5.74) is 1.89. The molecule has 3 rings (SSSR count). The third-order valence-corrected chi connectivity index (χ3v) is 5.01. The van der Waals surface area contributed by atoms with Crippen molar-refractivity contribution in [2.75, 3.05) is 38.7 Å². The Labute approximate surface area is 165 Å². The first-order valence-electron chi connectivity index (χ1n) is 9.60. The van der Waals surface area contributed by atoms with Gasteiger partial charge in [-0.2, -0.15) is 0 Å². The Kier molecular flexibility index (Phi) is 7.03. The number of methoxy groups -OCH3 is 1. The maximum absolute atomic E-state index is 12.8. The molecule has 0 radical (unpaired) electrons. The standard InChI is InChI=1S/C22H27N3O3/c1-28-13-12-23-21(26)19-14-18(17-8-4-2-5-9-17)15-25(16-19)22(27)24-20-10-6-3-7-11-20/h2-11,18-19H,12-16H2,1H3,(H,23,26)(H,24,27). The van der Waals surface area contributed by atoms with Gasteiger partial charge in [0.15, 0.2) is 0 Å². The summed E-state index contributed by atoms with van der Waals surface area (Å²) in [6.07, 6.45) is 0.720. The number of hydrogen-bond acceptors (Lipinski definition) is 3. The van der Waals surface area contributed by atoms with E-state index in [1.165, 1.54) is 0 Å². The number of anilines is 1. The van der Waals surface area contributed by atoms with Gasteiger partial charge in [-0.15, -0.1) is 0 Å². The first-order chi connectivity index (χ1) is 13.7. The van der Waals surface area contributed by atoms with Crippen LogP contribution in [0.2, 0.25) is 0 Å². The molecule has 6 heteroatoms. The zero-order valence-electron chi connectivity index (χ0n) is 16.1. The Hall–Kier alpha value is -2.86. The van der Waals surface area contributed by atoms with Gasteiger partial charge in [0.1, 0.15) is 0 Å².